The topological polar surface area (TPSA) is 123 Å². The lowest BCUT2D eigenvalue weighted by Gasteiger charge is -2.09. The van der Waals surface area contributed by atoms with Gasteiger partial charge in [0.1, 0.15) is 0 Å². The maximum Gasteiger partial charge on any atom is 0.247 e. The standard InChI is InChI=1S/C13H15N5O3/c1-8-4-9(13-18-16-7-21-13)2-3-10(8)17-12(20)6-15-11(19)5-14/h2-4,7H,5-6,14H2,1H3,(H,15,19)(H,17,20). The molecule has 4 N–H and O–H groups in total. The van der Waals surface area contributed by atoms with Crippen molar-refractivity contribution >= 4 is 17.5 Å². The summed E-state index contributed by atoms with van der Waals surface area (Å²) < 4.78 is 5.10. The fourth-order valence-electron chi connectivity index (χ4n) is 1.68. The van der Waals surface area contributed by atoms with Gasteiger partial charge in [-0.1, -0.05) is 0 Å². The third-order valence-electron chi connectivity index (χ3n) is 2.74. The van der Waals surface area contributed by atoms with Gasteiger partial charge in [0.15, 0.2) is 0 Å². The summed E-state index contributed by atoms with van der Waals surface area (Å²) in [5, 5.41) is 12.5. The Hall–Kier alpha value is -2.74. The second-order valence-electron chi connectivity index (χ2n) is 4.30. The molecule has 0 atom stereocenters. The Bertz CT molecular complexity index is 639. The first-order chi connectivity index (χ1) is 10.1. The van der Waals surface area contributed by atoms with Gasteiger partial charge >= 0.3 is 0 Å². The van der Waals surface area contributed by atoms with Crippen molar-refractivity contribution in [1.29, 1.82) is 0 Å². The molecule has 0 spiro atoms. The molecule has 0 aliphatic carbocycles. The van der Waals surface area contributed by atoms with Gasteiger partial charge in [0, 0.05) is 11.3 Å². The number of rotatable bonds is 5. The minimum Gasteiger partial charge on any atom is -0.423 e. The lowest BCUT2D eigenvalue weighted by Crippen LogP contribution is -2.36. The molecule has 0 aliphatic rings. The Labute approximate surface area is 120 Å². The number of hydrogen-bond acceptors (Lipinski definition) is 6. The number of hydrogen-bond donors (Lipinski definition) is 3. The molecule has 8 heteroatoms. The Balaban J connectivity index is 2.01. The van der Waals surface area contributed by atoms with E-state index in [9.17, 15) is 9.59 Å². The molecule has 21 heavy (non-hydrogen) atoms. The summed E-state index contributed by atoms with van der Waals surface area (Å²) in [6.45, 7) is 1.57. The fourth-order valence-corrected chi connectivity index (χ4v) is 1.68. The third kappa shape index (κ3) is 3.86. The van der Waals surface area contributed by atoms with Crippen molar-refractivity contribution in [2.24, 2.45) is 5.73 Å². The number of anilines is 1. The van der Waals surface area contributed by atoms with E-state index in [2.05, 4.69) is 20.8 Å². The van der Waals surface area contributed by atoms with E-state index in [1.807, 2.05) is 13.0 Å². The Kier molecular flexibility index (Phi) is 4.62. The summed E-state index contributed by atoms with van der Waals surface area (Å²) in [5.41, 5.74) is 7.38. The predicted molar refractivity (Wildman–Crippen MR) is 75.2 cm³/mol. The van der Waals surface area contributed by atoms with Crippen LogP contribution in [-0.4, -0.2) is 35.1 Å². The quantitative estimate of drug-likeness (QED) is 0.715. The van der Waals surface area contributed by atoms with Gasteiger partial charge in [0.05, 0.1) is 13.1 Å². The van der Waals surface area contributed by atoms with Crippen LogP contribution in [0.25, 0.3) is 11.5 Å². The average molecular weight is 289 g/mol. The van der Waals surface area contributed by atoms with Crippen molar-refractivity contribution in [1.82, 2.24) is 15.5 Å². The zero-order valence-electron chi connectivity index (χ0n) is 11.4. The molecule has 110 valence electrons. The van der Waals surface area contributed by atoms with Gasteiger partial charge in [-0.3, -0.25) is 9.59 Å². The number of aryl methyl sites for hydroxylation is 1. The summed E-state index contributed by atoms with van der Waals surface area (Å²) in [6, 6.07) is 5.31. The van der Waals surface area contributed by atoms with Gasteiger partial charge in [0.25, 0.3) is 0 Å². The second kappa shape index (κ2) is 6.62. The minimum absolute atomic E-state index is 0.124. The highest BCUT2D eigenvalue weighted by Crippen LogP contribution is 2.23. The number of carbonyl (C=O) groups is 2. The number of carbonyl (C=O) groups excluding carboxylic acids is 2. The van der Waals surface area contributed by atoms with Crippen LogP contribution < -0.4 is 16.4 Å². The van der Waals surface area contributed by atoms with E-state index in [1.165, 1.54) is 6.39 Å². The summed E-state index contributed by atoms with van der Waals surface area (Å²) in [5.74, 6) is -0.301. The number of amides is 2. The monoisotopic (exact) mass is 289 g/mol. The molecule has 2 aromatic rings. The Morgan fingerprint density at radius 3 is 2.76 bits per heavy atom. The summed E-state index contributed by atoms with van der Waals surface area (Å²) in [4.78, 5) is 22.7. The largest absolute Gasteiger partial charge is 0.423 e. The average Bonchev–Trinajstić information content (AvgIpc) is 3.01. The van der Waals surface area contributed by atoms with Crippen molar-refractivity contribution in [3.63, 3.8) is 0 Å². The van der Waals surface area contributed by atoms with Gasteiger partial charge in [-0.15, -0.1) is 10.2 Å². The van der Waals surface area contributed by atoms with Crippen molar-refractivity contribution in [2.75, 3.05) is 18.4 Å². The van der Waals surface area contributed by atoms with E-state index in [0.717, 1.165) is 11.1 Å². The first-order valence-electron chi connectivity index (χ1n) is 6.24. The molecule has 0 radical (unpaired) electrons. The minimum atomic E-state index is -0.381. The van der Waals surface area contributed by atoms with E-state index in [0.29, 0.717) is 11.6 Å². The van der Waals surface area contributed by atoms with Crippen molar-refractivity contribution < 1.29 is 14.0 Å². The van der Waals surface area contributed by atoms with Crippen LogP contribution >= 0.6 is 0 Å². The highest BCUT2D eigenvalue weighted by atomic mass is 16.4. The molecule has 2 amide bonds. The van der Waals surface area contributed by atoms with E-state index < -0.39 is 0 Å². The third-order valence-corrected chi connectivity index (χ3v) is 2.74. The van der Waals surface area contributed by atoms with E-state index >= 15 is 0 Å². The highest BCUT2D eigenvalue weighted by molar-refractivity contribution is 5.95. The summed E-state index contributed by atoms with van der Waals surface area (Å²) >= 11 is 0. The van der Waals surface area contributed by atoms with E-state index in [1.54, 1.807) is 12.1 Å². The molecule has 1 heterocycles. The van der Waals surface area contributed by atoms with Crippen molar-refractivity contribution in [3.05, 3.63) is 30.2 Å². The summed E-state index contributed by atoms with van der Waals surface area (Å²) in [7, 11) is 0. The Morgan fingerprint density at radius 2 is 2.14 bits per heavy atom. The maximum absolute atomic E-state index is 11.7. The van der Waals surface area contributed by atoms with Crippen molar-refractivity contribution in [3.8, 4) is 11.5 Å². The number of benzene rings is 1. The first-order valence-corrected chi connectivity index (χ1v) is 6.24. The molecule has 0 saturated heterocycles. The van der Waals surface area contributed by atoms with Crippen LogP contribution in [0.5, 0.6) is 0 Å². The molecule has 1 aromatic heterocycles. The second-order valence-corrected chi connectivity index (χ2v) is 4.30. The molecule has 8 nitrogen and oxygen atoms in total. The number of nitrogens with two attached hydrogens (primary N) is 1. The van der Waals surface area contributed by atoms with Gasteiger partial charge in [-0.25, -0.2) is 0 Å². The number of nitrogens with zero attached hydrogens (tertiary/aromatic N) is 2. The van der Waals surface area contributed by atoms with Crippen molar-refractivity contribution in [2.45, 2.75) is 6.92 Å². The molecule has 0 aliphatic heterocycles. The zero-order chi connectivity index (χ0) is 15.2. The molecule has 0 fully saturated rings. The van der Waals surface area contributed by atoms with E-state index in [-0.39, 0.29) is 24.9 Å². The molecular formula is C13H15N5O3. The molecule has 0 bridgehead atoms. The molecule has 2 rings (SSSR count). The normalized spacial score (nSPS) is 10.2. The fraction of sp³-hybridized carbons (Fsp3) is 0.231. The van der Waals surface area contributed by atoms with Crippen LogP contribution in [0.2, 0.25) is 0 Å². The number of nitrogens with one attached hydrogen (secondary N) is 2. The predicted octanol–water partition coefficient (Wildman–Crippen LogP) is 0.0584. The highest BCUT2D eigenvalue weighted by Gasteiger charge is 2.09. The van der Waals surface area contributed by atoms with E-state index in [4.69, 9.17) is 10.2 Å². The Morgan fingerprint density at radius 1 is 1.33 bits per heavy atom. The first kappa shape index (κ1) is 14.7. The molecule has 1 aromatic carbocycles. The van der Waals surface area contributed by atoms with Crippen LogP contribution in [0.4, 0.5) is 5.69 Å². The lowest BCUT2D eigenvalue weighted by atomic mass is 10.1. The van der Waals surface area contributed by atoms with Crippen LogP contribution in [0, 0.1) is 6.92 Å². The van der Waals surface area contributed by atoms with Gasteiger partial charge in [0.2, 0.25) is 24.1 Å². The van der Waals surface area contributed by atoms with Crippen LogP contribution in [0.3, 0.4) is 0 Å². The maximum atomic E-state index is 11.7. The smallest absolute Gasteiger partial charge is 0.247 e. The van der Waals surface area contributed by atoms with Crippen LogP contribution in [0.1, 0.15) is 5.56 Å². The molecule has 0 unspecified atom stereocenters. The van der Waals surface area contributed by atoms with Crippen LogP contribution in [-0.2, 0) is 9.59 Å². The zero-order valence-corrected chi connectivity index (χ0v) is 11.4. The van der Waals surface area contributed by atoms with Crippen LogP contribution in [0.15, 0.2) is 29.0 Å². The summed E-state index contributed by atoms with van der Waals surface area (Å²) in [6.07, 6.45) is 1.25. The lowest BCUT2D eigenvalue weighted by molar-refractivity contribution is -0.123. The molecule has 0 saturated carbocycles. The van der Waals surface area contributed by atoms with Gasteiger partial charge in [-0.05, 0) is 30.7 Å². The number of aromatic nitrogens is 2. The van der Waals surface area contributed by atoms with Gasteiger partial charge < -0.3 is 20.8 Å². The molecular weight excluding hydrogens is 274 g/mol. The van der Waals surface area contributed by atoms with Gasteiger partial charge in [-0.2, -0.15) is 0 Å². The SMILES string of the molecule is Cc1cc(-c2nnco2)ccc1NC(=O)CNC(=O)CN.